The number of halogens is 1. The molecular formula is C10H20BrNO. The van der Waals surface area contributed by atoms with Crippen molar-refractivity contribution in [1.29, 1.82) is 0 Å². The van der Waals surface area contributed by atoms with Crippen LogP contribution in [0.3, 0.4) is 0 Å². The highest BCUT2D eigenvalue weighted by molar-refractivity contribution is 9.09. The quantitative estimate of drug-likeness (QED) is 0.687. The SMILES string of the molecule is CCCCC(=O)N(C)C(C)(C)CBr. The van der Waals surface area contributed by atoms with Crippen molar-refractivity contribution in [3.8, 4) is 0 Å². The van der Waals surface area contributed by atoms with Crippen LogP contribution in [0.1, 0.15) is 40.0 Å². The molecule has 0 fully saturated rings. The van der Waals surface area contributed by atoms with Crippen molar-refractivity contribution in [3.63, 3.8) is 0 Å². The second-order valence-corrected chi connectivity index (χ2v) is 4.56. The Kier molecular flexibility index (Phi) is 5.61. The van der Waals surface area contributed by atoms with Crippen LogP contribution in [0.5, 0.6) is 0 Å². The van der Waals surface area contributed by atoms with Gasteiger partial charge < -0.3 is 4.90 Å². The minimum atomic E-state index is -0.0785. The van der Waals surface area contributed by atoms with Gasteiger partial charge in [0.1, 0.15) is 0 Å². The highest BCUT2D eigenvalue weighted by Gasteiger charge is 2.25. The van der Waals surface area contributed by atoms with E-state index in [0.29, 0.717) is 6.42 Å². The highest BCUT2D eigenvalue weighted by Crippen LogP contribution is 2.16. The second kappa shape index (κ2) is 5.63. The Morgan fingerprint density at radius 3 is 2.38 bits per heavy atom. The van der Waals surface area contributed by atoms with E-state index in [2.05, 4.69) is 36.7 Å². The van der Waals surface area contributed by atoms with Gasteiger partial charge in [0, 0.05) is 24.3 Å². The van der Waals surface area contributed by atoms with E-state index >= 15 is 0 Å². The van der Waals surface area contributed by atoms with Crippen molar-refractivity contribution in [2.24, 2.45) is 0 Å². The van der Waals surface area contributed by atoms with Gasteiger partial charge in [-0.1, -0.05) is 29.3 Å². The molecule has 0 unspecified atom stereocenters. The van der Waals surface area contributed by atoms with Crippen LogP contribution in [0.15, 0.2) is 0 Å². The van der Waals surface area contributed by atoms with Gasteiger partial charge in [0.15, 0.2) is 0 Å². The Morgan fingerprint density at radius 2 is 2.00 bits per heavy atom. The van der Waals surface area contributed by atoms with Crippen molar-refractivity contribution in [2.45, 2.75) is 45.6 Å². The van der Waals surface area contributed by atoms with Crippen LogP contribution in [0.25, 0.3) is 0 Å². The predicted molar refractivity (Wildman–Crippen MR) is 60.2 cm³/mol. The number of carbonyl (C=O) groups is 1. The molecule has 0 aliphatic rings. The Labute approximate surface area is 89.8 Å². The van der Waals surface area contributed by atoms with E-state index in [-0.39, 0.29) is 11.4 Å². The lowest BCUT2D eigenvalue weighted by Gasteiger charge is -2.34. The Balaban J connectivity index is 4.09. The first-order chi connectivity index (χ1) is 5.95. The third kappa shape index (κ3) is 4.12. The third-order valence-corrected chi connectivity index (χ3v) is 3.73. The Bertz CT molecular complexity index is 168. The van der Waals surface area contributed by atoms with Crippen LogP contribution >= 0.6 is 15.9 Å². The van der Waals surface area contributed by atoms with Crippen LogP contribution in [-0.2, 0) is 4.79 Å². The second-order valence-electron chi connectivity index (χ2n) is 4.00. The molecule has 0 radical (unpaired) electrons. The van der Waals surface area contributed by atoms with E-state index in [0.717, 1.165) is 18.2 Å². The van der Waals surface area contributed by atoms with E-state index in [1.807, 2.05) is 11.9 Å². The lowest BCUT2D eigenvalue weighted by Crippen LogP contribution is -2.46. The Hall–Kier alpha value is -0.0500. The van der Waals surface area contributed by atoms with Gasteiger partial charge in [-0.25, -0.2) is 0 Å². The van der Waals surface area contributed by atoms with Gasteiger partial charge in [-0.15, -0.1) is 0 Å². The number of alkyl halides is 1. The summed E-state index contributed by atoms with van der Waals surface area (Å²) >= 11 is 3.41. The maximum absolute atomic E-state index is 11.6. The summed E-state index contributed by atoms with van der Waals surface area (Å²) in [7, 11) is 1.87. The molecule has 2 nitrogen and oxygen atoms in total. The third-order valence-electron chi connectivity index (χ3n) is 2.35. The van der Waals surface area contributed by atoms with E-state index in [1.165, 1.54) is 0 Å². The molecule has 0 aromatic rings. The smallest absolute Gasteiger partial charge is 0.222 e. The van der Waals surface area contributed by atoms with Gasteiger partial charge in [-0.2, -0.15) is 0 Å². The molecule has 0 saturated heterocycles. The fourth-order valence-corrected chi connectivity index (χ4v) is 1.30. The summed E-state index contributed by atoms with van der Waals surface area (Å²) < 4.78 is 0. The average molecular weight is 250 g/mol. The molecule has 0 aliphatic heterocycles. The summed E-state index contributed by atoms with van der Waals surface area (Å²) in [4.78, 5) is 13.4. The molecule has 0 N–H and O–H groups in total. The molecule has 0 heterocycles. The van der Waals surface area contributed by atoms with E-state index in [4.69, 9.17) is 0 Å². The van der Waals surface area contributed by atoms with Crippen LogP contribution in [0.4, 0.5) is 0 Å². The number of carbonyl (C=O) groups excluding carboxylic acids is 1. The average Bonchev–Trinajstić information content (AvgIpc) is 2.12. The fraction of sp³-hybridized carbons (Fsp3) is 0.900. The molecule has 0 aromatic heterocycles. The standard InChI is InChI=1S/C10H20BrNO/c1-5-6-7-9(13)12(4)10(2,3)8-11/h5-8H2,1-4H3. The topological polar surface area (TPSA) is 20.3 Å². The molecule has 3 heteroatoms. The molecule has 78 valence electrons. The number of hydrogen-bond acceptors (Lipinski definition) is 1. The van der Waals surface area contributed by atoms with Crippen LogP contribution < -0.4 is 0 Å². The zero-order valence-corrected chi connectivity index (χ0v) is 10.6. The molecule has 0 aromatic carbocycles. The first-order valence-corrected chi connectivity index (χ1v) is 5.90. The summed E-state index contributed by atoms with van der Waals surface area (Å²) in [5, 5.41) is 0.814. The summed E-state index contributed by atoms with van der Waals surface area (Å²) in [5.74, 6) is 0.242. The lowest BCUT2D eigenvalue weighted by molar-refractivity contribution is -0.134. The number of hydrogen-bond donors (Lipinski definition) is 0. The first kappa shape index (κ1) is 12.9. The molecule has 0 aliphatic carbocycles. The summed E-state index contributed by atoms with van der Waals surface area (Å²) in [6, 6.07) is 0. The lowest BCUT2D eigenvalue weighted by atomic mass is 10.1. The molecule has 0 saturated carbocycles. The summed E-state index contributed by atoms with van der Waals surface area (Å²) in [6.07, 6.45) is 2.74. The molecule has 13 heavy (non-hydrogen) atoms. The maximum Gasteiger partial charge on any atom is 0.222 e. The van der Waals surface area contributed by atoms with E-state index < -0.39 is 0 Å². The fourth-order valence-electron chi connectivity index (χ4n) is 0.923. The number of rotatable bonds is 5. The van der Waals surface area contributed by atoms with Crippen molar-refractivity contribution in [3.05, 3.63) is 0 Å². The van der Waals surface area contributed by atoms with E-state index in [9.17, 15) is 4.79 Å². The molecule has 1 amide bonds. The zero-order chi connectivity index (χ0) is 10.5. The van der Waals surface area contributed by atoms with Crippen molar-refractivity contribution in [2.75, 3.05) is 12.4 Å². The normalized spacial score (nSPS) is 11.5. The van der Waals surface area contributed by atoms with E-state index in [1.54, 1.807) is 0 Å². The van der Waals surface area contributed by atoms with Crippen molar-refractivity contribution in [1.82, 2.24) is 4.90 Å². The maximum atomic E-state index is 11.6. The predicted octanol–water partition coefficient (Wildman–Crippen LogP) is 2.81. The van der Waals surface area contributed by atoms with Crippen molar-refractivity contribution >= 4 is 21.8 Å². The molecule has 0 spiro atoms. The van der Waals surface area contributed by atoms with Gasteiger partial charge in [-0.3, -0.25) is 4.79 Å². The number of nitrogens with zero attached hydrogens (tertiary/aromatic N) is 1. The van der Waals surface area contributed by atoms with Crippen molar-refractivity contribution < 1.29 is 4.79 Å². The largest absolute Gasteiger partial charge is 0.340 e. The van der Waals surface area contributed by atoms with Gasteiger partial charge in [0.2, 0.25) is 5.91 Å². The van der Waals surface area contributed by atoms with Gasteiger partial charge >= 0.3 is 0 Å². The van der Waals surface area contributed by atoms with Gasteiger partial charge in [0.25, 0.3) is 0 Å². The minimum Gasteiger partial charge on any atom is -0.340 e. The van der Waals surface area contributed by atoms with Crippen LogP contribution in [0, 0.1) is 0 Å². The molecule has 0 bridgehead atoms. The van der Waals surface area contributed by atoms with Crippen LogP contribution in [-0.4, -0.2) is 28.7 Å². The Morgan fingerprint density at radius 1 is 1.46 bits per heavy atom. The summed E-state index contributed by atoms with van der Waals surface area (Å²) in [5.41, 5.74) is -0.0785. The highest BCUT2D eigenvalue weighted by atomic mass is 79.9. The van der Waals surface area contributed by atoms with Gasteiger partial charge in [-0.05, 0) is 20.3 Å². The zero-order valence-electron chi connectivity index (χ0n) is 9.06. The molecule has 0 atom stereocenters. The first-order valence-electron chi connectivity index (χ1n) is 4.78. The number of unbranched alkanes of at least 4 members (excludes halogenated alkanes) is 1. The monoisotopic (exact) mass is 249 g/mol. The molecule has 0 rings (SSSR count). The number of amides is 1. The van der Waals surface area contributed by atoms with Crippen LogP contribution in [0.2, 0.25) is 0 Å². The van der Waals surface area contributed by atoms with Gasteiger partial charge in [0.05, 0.1) is 0 Å². The molecular weight excluding hydrogens is 230 g/mol. The summed E-state index contributed by atoms with van der Waals surface area (Å²) in [6.45, 7) is 6.22. The minimum absolute atomic E-state index is 0.0785.